The molecule has 1 rings (SSSR count). The lowest BCUT2D eigenvalue weighted by Crippen LogP contribution is -2.35. The lowest BCUT2D eigenvalue weighted by atomic mass is 9.95. The topological polar surface area (TPSA) is 67.3 Å². The van der Waals surface area contributed by atoms with Crippen LogP contribution in [0.2, 0.25) is 0 Å². The molecule has 0 aromatic carbocycles. The van der Waals surface area contributed by atoms with Gasteiger partial charge in [-0.1, -0.05) is 6.92 Å². The highest BCUT2D eigenvalue weighted by atomic mass is 16.5. The summed E-state index contributed by atoms with van der Waals surface area (Å²) in [4.78, 5) is 8.24. The molecule has 0 amide bonds. The van der Waals surface area contributed by atoms with E-state index in [1.54, 1.807) is 6.07 Å². The predicted octanol–water partition coefficient (Wildman–Crippen LogP) is 2.23. The zero-order chi connectivity index (χ0) is 13.6. The number of hydrogen-bond acceptors (Lipinski definition) is 5. The second kappa shape index (κ2) is 6.54. The van der Waals surface area contributed by atoms with E-state index in [0.29, 0.717) is 12.3 Å². The van der Waals surface area contributed by atoms with Crippen LogP contribution in [0.25, 0.3) is 0 Å². The molecule has 18 heavy (non-hydrogen) atoms. The summed E-state index contributed by atoms with van der Waals surface area (Å²) in [6.45, 7) is 8.20. The van der Waals surface area contributed by atoms with Crippen LogP contribution in [0.15, 0.2) is 12.4 Å². The molecule has 5 nitrogen and oxygen atoms in total. The van der Waals surface area contributed by atoms with Gasteiger partial charge in [0.1, 0.15) is 12.1 Å². The van der Waals surface area contributed by atoms with E-state index in [4.69, 9.17) is 9.84 Å². The fraction of sp³-hybridized carbons (Fsp3) is 0.692. The Labute approximate surface area is 109 Å². The Kier molecular flexibility index (Phi) is 5.34. The Balaban J connectivity index is 2.77. The first-order valence-electron chi connectivity index (χ1n) is 6.37. The normalized spacial score (nSPS) is 14.3. The zero-order valence-electron chi connectivity index (χ0n) is 11.6. The largest absolute Gasteiger partial charge is 0.475 e. The quantitative estimate of drug-likeness (QED) is 0.780. The summed E-state index contributed by atoms with van der Waals surface area (Å²) in [6, 6.07) is 1.78. The number of anilines is 1. The highest BCUT2D eigenvalue weighted by Crippen LogP contribution is 2.22. The van der Waals surface area contributed by atoms with Gasteiger partial charge in [0.05, 0.1) is 6.10 Å². The maximum absolute atomic E-state index is 9.09. The van der Waals surface area contributed by atoms with Crippen LogP contribution in [0, 0.1) is 0 Å². The number of hydrogen-bond donors (Lipinski definition) is 2. The van der Waals surface area contributed by atoms with Gasteiger partial charge in [-0.25, -0.2) is 9.97 Å². The van der Waals surface area contributed by atoms with Crippen LogP contribution in [0.3, 0.4) is 0 Å². The zero-order valence-corrected chi connectivity index (χ0v) is 11.6. The van der Waals surface area contributed by atoms with E-state index < -0.39 is 0 Å². The molecule has 0 fully saturated rings. The highest BCUT2D eigenvalue weighted by Gasteiger charge is 2.21. The second-order valence-electron chi connectivity index (χ2n) is 4.92. The minimum atomic E-state index is -0.168. The molecule has 2 N–H and O–H groups in total. The Morgan fingerprint density at radius 2 is 2.17 bits per heavy atom. The number of rotatable bonds is 7. The number of aromatic nitrogens is 2. The van der Waals surface area contributed by atoms with Gasteiger partial charge in [-0.3, -0.25) is 0 Å². The minimum Gasteiger partial charge on any atom is -0.475 e. The standard InChI is InChI=1S/C13H23N3O2/c1-5-13(4,6-7-17)16-11-8-12(15-9-14-11)18-10(2)3/h8-10,17H,5-7H2,1-4H3,(H,14,15,16). The molecule has 0 aliphatic rings. The lowest BCUT2D eigenvalue weighted by Gasteiger charge is -2.29. The van der Waals surface area contributed by atoms with Crippen molar-refractivity contribution in [2.45, 2.75) is 52.2 Å². The number of nitrogens with zero attached hydrogens (tertiary/aromatic N) is 2. The molecule has 0 spiro atoms. The average Bonchev–Trinajstić information content (AvgIpc) is 2.28. The van der Waals surface area contributed by atoms with Gasteiger partial charge >= 0.3 is 0 Å². The second-order valence-corrected chi connectivity index (χ2v) is 4.92. The fourth-order valence-corrected chi connectivity index (χ4v) is 1.60. The smallest absolute Gasteiger partial charge is 0.218 e. The molecule has 1 aromatic rings. The minimum absolute atomic E-state index is 0.0859. The van der Waals surface area contributed by atoms with E-state index in [-0.39, 0.29) is 18.2 Å². The molecule has 0 aliphatic heterocycles. The SMILES string of the molecule is CCC(C)(CCO)Nc1cc(OC(C)C)ncn1. The number of aliphatic hydroxyl groups excluding tert-OH is 1. The number of nitrogens with one attached hydrogen (secondary N) is 1. The van der Waals surface area contributed by atoms with E-state index >= 15 is 0 Å². The summed E-state index contributed by atoms with van der Waals surface area (Å²) >= 11 is 0. The predicted molar refractivity (Wildman–Crippen MR) is 71.8 cm³/mol. The van der Waals surface area contributed by atoms with Crippen LogP contribution in [0.4, 0.5) is 5.82 Å². The van der Waals surface area contributed by atoms with Crippen LogP contribution in [0.1, 0.15) is 40.5 Å². The van der Waals surface area contributed by atoms with Gasteiger partial charge in [-0.2, -0.15) is 0 Å². The van der Waals surface area contributed by atoms with E-state index in [2.05, 4.69) is 29.1 Å². The molecule has 0 radical (unpaired) electrons. The Morgan fingerprint density at radius 1 is 1.44 bits per heavy atom. The molecule has 0 saturated heterocycles. The Hall–Kier alpha value is -1.36. The van der Waals surface area contributed by atoms with E-state index in [9.17, 15) is 0 Å². The van der Waals surface area contributed by atoms with E-state index in [1.165, 1.54) is 6.33 Å². The first kappa shape index (κ1) is 14.7. The summed E-state index contributed by atoms with van der Waals surface area (Å²) in [5, 5.41) is 12.4. The Morgan fingerprint density at radius 3 is 2.72 bits per heavy atom. The summed E-state index contributed by atoms with van der Waals surface area (Å²) in [5.41, 5.74) is -0.168. The first-order chi connectivity index (χ1) is 8.49. The van der Waals surface area contributed by atoms with Crippen molar-refractivity contribution in [2.75, 3.05) is 11.9 Å². The monoisotopic (exact) mass is 253 g/mol. The molecule has 1 aromatic heterocycles. The summed E-state index contributed by atoms with van der Waals surface area (Å²) < 4.78 is 5.52. The molecule has 1 unspecified atom stereocenters. The van der Waals surface area contributed by atoms with Crippen molar-refractivity contribution in [3.63, 3.8) is 0 Å². The molecule has 0 aliphatic carbocycles. The van der Waals surface area contributed by atoms with Crippen molar-refractivity contribution in [3.05, 3.63) is 12.4 Å². The molecule has 0 saturated carbocycles. The van der Waals surface area contributed by atoms with Gasteiger partial charge in [0.25, 0.3) is 0 Å². The molecule has 1 atom stereocenters. The molecule has 102 valence electrons. The maximum Gasteiger partial charge on any atom is 0.218 e. The van der Waals surface area contributed by atoms with Crippen LogP contribution in [-0.4, -0.2) is 33.3 Å². The van der Waals surface area contributed by atoms with Crippen LogP contribution >= 0.6 is 0 Å². The van der Waals surface area contributed by atoms with Crippen molar-refractivity contribution < 1.29 is 9.84 Å². The van der Waals surface area contributed by atoms with Gasteiger partial charge in [0, 0.05) is 18.2 Å². The maximum atomic E-state index is 9.09. The summed E-state index contributed by atoms with van der Waals surface area (Å²) in [6.07, 6.45) is 3.14. The van der Waals surface area contributed by atoms with Crippen molar-refractivity contribution in [1.82, 2.24) is 9.97 Å². The summed E-state index contributed by atoms with van der Waals surface area (Å²) in [7, 11) is 0. The average molecular weight is 253 g/mol. The van der Waals surface area contributed by atoms with E-state index in [0.717, 1.165) is 12.2 Å². The van der Waals surface area contributed by atoms with Crippen molar-refractivity contribution in [2.24, 2.45) is 0 Å². The molecular weight excluding hydrogens is 230 g/mol. The fourth-order valence-electron chi connectivity index (χ4n) is 1.60. The molecule has 5 heteroatoms. The van der Waals surface area contributed by atoms with Gasteiger partial charge in [-0.05, 0) is 33.6 Å². The third-order valence-electron chi connectivity index (χ3n) is 2.87. The van der Waals surface area contributed by atoms with Crippen LogP contribution in [-0.2, 0) is 0 Å². The van der Waals surface area contributed by atoms with Gasteiger partial charge in [0.15, 0.2) is 0 Å². The van der Waals surface area contributed by atoms with Crippen molar-refractivity contribution in [3.8, 4) is 5.88 Å². The van der Waals surface area contributed by atoms with E-state index in [1.807, 2.05) is 13.8 Å². The van der Waals surface area contributed by atoms with Crippen LogP contribution < -0.4 is 10.1 Å². The van der Waals surface area contributed by atoms with Crippen molar-refractivity contribution in [1.29, 1.82) is 0 Å². The number of ether oxygens (including phenoxy) is 1. The number of aliphatic hydroxyl groups is 1. The Bertz CT molecular complexity index is 371. The van der Waals surface area contributed by atoms with Crippen molar-refractivity contribution >= 4 is 5.82 Å². The van der Waals surface area contributed by atoms with Gasteiger partial charge in [-0.15, -0.1) is 0 Å². The lowest BCUT2D eigenvalue weighted by molar-refractivity contribution is 0.232. The van der Waals surface area contributed by atoms with Gasteiger partial charge in [0.2, 0.25) is 5.88 Å². The van der Waals surface area contributed by atoms with Crippen LogP contribution in [0.5, 0.6) is 5.88 Å². The third kappa shape index (κ3) is 4.49. The van der Waals surface area contributed by atoms with Gasteiger partial charge < -0.3 is 15.2 Å². The highest BCUT2D eigenvalue weighted by molar-refractivity contribution is 5.39. The molecular formula is C13H23N3O2. The third-order valence-corrected chi connectivity index (χ3v) is 2.87. The molecule has 1 heterocycles. The molecule has 0 bridgehead atoms. The first-order valence-corrected chi connectivity index (χ1v) is 6.37. The summed E-state index contributed by atoms with van der Waals surface area (Å²) in [5.74, 6) is 1.28.